The zero-order chi connectivity index (χ0) is 12.3. The van der Waals surface area contributed by atoms with Crippen LogP contribution in [0, 0.1) is 23.2 Å². The third-order valence-electron chi connectivity index (χ3n) is 3.95. The molecule has 0 spiro atoms. The zero-order valence-corrected chi connectivity index (χ0v) is 10.7. The van der Waals surface area contributed by atoms with E-state index < -0.39 is 0 Å². The molecule has 1 aromatic rings. The van der Waals surface area contributed by atoms with Crippen LogP contribution in [-0.4, -0.2) is 11.1 Å². The predicted molar refractivity (Wildman–Crippen MR) is 68.3 cm³/mol. The third-order valence-corrected chi connectivity index (χ3v) is 3.95. The SMILES string of the molecule is CC1CCCC1CNCc1cc(C#N)n(C)c1. The molecule has 0 aliphatic heterocycles. The van der Waals surface area contributed by atoms with Gasteiger partial charge in [-0.3, -0.25) is 0 Å². The Morgan fingerprint density at radius 2 is 2.35 bits per heavy atom. The normalized spacial score (nSPS) is 23.8. The van der Waals surface area contributed by atoms with Crippen LogP contribution < -0.4 is 5.32 Å². The van der Waals surface area contributed by atoms with Crippen molar-refractivity contribution in [3.63, 3.8) is 0 Å². The maximum Gasteiger partial charge on any atom is 0.120 e. The summed E-state index contributed by atoms with van der Waals surface area (Å²) >= 11 is 0. The monoisotopic (exact) mass is 231 g/mol. The lowest BCUT2D eigenvalue weighted by molar-refractivity contribution is 0.392. The number of hydrogen-bond donors (Lipinski definition) is 1. The summed E-state index contributed by atoms with van der Waals surface area (Å²) < 4.78 is 1.88. The van der Waals surface area contributed by atoms with E-state index in [0.717, 1.165) is 30.6 Å². The van der Waals surface area contributed by atoms with E-state index in [4.69, 9.17) is 5.26 Å². The van der Waals surface area contributed by atoms with Crippen LogP contribution in [0.4, 0.5) is 0 Å². The largest absolute Gasteiger partial charge is 0.342 e. The molecule has 1 heterocycles. The minimum Gasteiger partial charge on any atom is -0.342 e. The molecule has 0 amide bonds. The molecule has 0 radical (unpaired) electrons. The van der Waals surface area contributed by atoms with Crippen molar-refractivity contribution in [2.75, 3.05) is 6.54 Å². The van der Waals surface area contributed by atoms with Crippen molar-refractivity contribution in [3.8, 4) is 6.07 Å². The first kappa shape index (κ1) is 12.2. The quantitative estimate of drug-likeness (QED) is 0.864. The van der Waals surface area contributed by atoms with Crippen LogP contribution in [0.5, 0.6) is 0 Å². The molecule has 2 rings (SSSR count). The standard InChI is InChI=1S/C14H21N3/c1-11-4-3-5-13(11)9-16-8-12-6-14(7-15)17(2)10-12/h6,10-11,13,16H,3-5,8-9H2,1-2H3. The second-order valence-electron chi connectivity index (χ2n) is 5.26. The minimum atomic E-state index is 0.732. The summed E-state index contributed by atoms with van der Waals surface area (Å²) in [5.41, 5.74) is 1.94. The Morgan fingerprint density at radius 3 is 2.94 bits per heavy atom. The second kappa shape index (κ2) is 5.37. The third kappa shape index (κ3) is 2.89. The highest BCUT2D eigenvalue weighted by Crippen LogP contribution is 2.30. The molecule has 1 fully saturated rings. The molecule has 2 unspecified atom stereocenters. The van der Waals surface area contributed by atoms with E-state index in [-0.39, 0.29) is 0 Å². The Balaban J connectivity index is 1.80. The first-order valence-corrected chi connectivity index (χ1v) is 6.46. The van der Waals surface area contributed by atoms with E-state index >= 15 is 0 Å². The van der Waals surface area contributed by atoms with Crippen LogP contribution in [0.15, 0.2) is 12.3 Å². The molecule has 1 aliphatic carbocycles. The molecule has 1 aliphatic rings. The number of aryl methyl sites for hydroxylation is 1. The average Bonchev–Trinajstić information content (AvgIpc) is 2.86. The first-order valence-electron chi connectivity index (χ1n) is 6.46. The molecule has 1 aromatic heterocycles. The highest BCUT2D eigenvalue weighted by molar-refractivity contribution is 5.28. The highest BCUT2D eigenvalue weighted by Gasteiger charge is 2.22. The smallest absolute Gasteiger partial charge is 0.120 e. The van der Waals surface area contributed by atoms with Gasteiger partial charge in [-0.2, -0.15) is 5.26 Å². The van der Waals surface area contributed by atoms with Crippen molar-refractivity contribution >= 4 is 0 Å². The van der Waals surface area contributed by atoms with Crippen molar-refractivity contribution in [3.05, 3.63) is 23.5 Å². The number of nitrogens with zero attached hydrogens (tertiary/aromatic N) is 2. The molecule has 1 N–H and O–H groups in total. The summed E-state index contributed by atoms with van der Waals surface area (Å²) in [4.78, 5) is 0. The van der Waals surface area contributed by atoms with Gasteiger partial charge >= 0.3 is 0 Å². The lowest BCUT2D eigenvalue weighted by Gasteiger charge is -2.15. The van der Waals surface area contributed by atoms with E-state index in [1.54, 1.807) is 0 Å². The number of rotatable bonds is 4. The van der Waals surface area contributed by atoms with E-state index in [0.29, 0.717) is 0 Å². The lowest BCUT2D eigenvalue weighted by atomic mass is 9.98. The van der Waals surface area contributed by atoms with Gasteiger partial charge in [0.15, 0.2) is 0 Å². The summed E-state index contributed by atoms with van der Waals surface area (Å²) in [5.74, 6) is 1.71. The van der Waals surface area contributed by atoms with Crippen molar-refractivity contribution in [1.82, 2.24) is 9.88 Å². The van der Waals surface area contributed by atoms with Gasteiger partial charge in [0.1, 0.15) is 11.8 Å². The van der Waals surface area contributed by atoms with E-state index in [9.17, 15) is 0 Å². The molecule has 3 heteroatoms. The molecular formula is C14H21N3. The fourth-order valence-electron chi connectivity index (χ4n) is 2.77. The molecule has 1 saturated carbocycles. The van der Waals surface area contributed by atoms with Gasteiger partial charge in [-0.15, -0.1) is 0 Å². The van der Waals surface area contributed by atoms with Gasteiger partial charge in [-0.05, 0) is 36.4 Å². The lowest BCUT2D eigenvalue weighted by Crippen LogP contribution is -2.23. The van der Waals surface area contributed by atoms with Crippen LogP contribution in [-0.2, 0) is 13.6 Å². The fourth-order valence-corrected chi connectivity index (χ4v) is 2.77. The molecule has 0 bridgehead atoms. The van der Waals surface area contributed by atoms with E-state index in [2.05, 4.69) is 18.3 Å². The first-order chi connectivity index (χ1) is 8.20. The van der Waals surface area contributed by atoms with E-state index in [1.165, 1.54) is 24.8 Å². The summed E-state index contributed by atoms with van der Waals surface area (Å²) in [5, 5.41) is 12.4. The second-order valence-corrected chi connectivity index (χ2v) is 5.26. The fraction of sp³-hybridized carbons (Fsp3) is 0.643. The van der Waals surface area contributed by atoms with Gasteiger partial charge in [0.25, 0.3) is 0 Å². The molecule has 3 nitrogen and oxygen atoms in total. The molecule has 0 saturated heterocycles. The summed E-state index contributed by atoms with van der Waals surface area (Å²) in [7, 11) is 1.92. The average molecular weight is 231 g/mol. The maximum atomic E-state index is 8.87. The van der Waals surface area contributed by atoms with Gasteiger partial charge in [-0.25, -0.2) is 0 Å². The number of nitrogens with one attached hydrogen (secondary N) is 1. The molecule has 92 valence electrons. The van der Waals surface area contributed by atoms with Crippen molar-refractivity contribution in [2.24, 2.45) is 18.9 Å². The Morgan fingerprint density at radius 1 is 1.53 bits per heavy atom. The number of nitriles is 1. The van der Waals surface area contributed by atoms with Crippen molar-refractivity contribution in [1.29, 1.82) is 5.26 Å². The Bertz CT molecular complexity index is 414. The van der Waals surface area contributed by atoms with Crippen LogP contribution in [0.1, 0.15) is 37.4 Å². The molecule has 0 aromatic carbocycles. The van der Waals surface area contributed by atoms with Gasteiger partial charge in [0.05, 0.1) is 0 Å². The van der Waals surface area contributed by atoms with E-state index in [1.807, 2.05) is 23.9 Å². The Hall–Kier alpha value is -1.27. The summed E-state index contributed by atoms with van der Waals surface area (Å²) in [6.07, 6.45) is 6.17. The van der Waals surface area contributed by atoms with Crippen molar-refractivity contribution in [2.45, 2.75) is 32.7 Å². The van der Waals surface area contributed by atoms with Crippen molar-refractivity contribution < 1.29 is 0 Å². The van der Waals surface area contributed by atoms with Gasteiger partial charge in [0.2, 0.25) is 0 Å². The van der Waals surface area contributed by atoms with Gasteiger partial charge in [0, 0.05) is 19.8 Å². The molecule has 2 atom stereocenters. The van der Waals surface area contributed by atoms with Crippen LogP contribution in [0.25, 0.3) is 0 Å². The highest BCUT2D eigenvalue weighted by atomic mass is 14.9. The van der Waals surface area contributed by atoms with Gasteiger partial charge in [-0.1, -0.05) is 19.8 Å². The Labute approximate surface area is 103 Å². The topological polar surface area (TPSA) is 40.8 Å². The van der Waals surface area contributed by atoms with Crippen LogP contribution >= 0.6 is 0 Å². The number of hydrogen-bond acceptors (Lipinski definition) is 2. The zero-order valence-electron chi connectivity index (χ0n) is 10.7. The Kier molecular flexibility index (Phi) is 3.86. The predicted octanol–water partition coefficient (Wildman–Crippen LogP) is 2.42. The molecule has 17 heavy (non-hydrogen) atoms. The van der Waals surface area contributed by atoms with Crippen LogP contribution in [0.2, 0.25) is 0 Å². The minimum absolute atomic E-state index is 0.732. The van der Waals surface area contributed by atoms with Crippen LogP contribution in [0.3, 0.4) is 0 Å². The summed E-state index contributed by atoms with van der Waals surface area (Å²) in [6.45, 7) is 4.34. The number of aromatic nitrogens is 1. The maximum absolute atomic E-state index is 8.87. The summed E-state index contributed by atoms with van der Waals surface area (Å²) in [6, 6.07) is 4.15. The van der Waals surface area contributed by atoms with Gasteiger partial charge < -0.3 is 9.88 Å². The molecular weight excluding hydrogens is 210 g/mol.